The molecule has 17 heavy (non-hydrogen) atoms. The van der Waals surface area contributed by atoms with Crippen LogP contribution in [0.2, 0.25) is 0 Å². The first-order chi connectivity index (χ1) is 8.13. The van der Waals surface area contributed by atoms with E-state index in [2.05, 4.69) is 10.0 Å². The molecule has 6 heteroatoms. The second-order valence-electron chi connectivity index (χ2n) is 3.96. The largest absolute Gasteiger partial charge is 0.495 e. The lowest BCUT2D eigenvalue weighted by Gasteiger charge is -2.14. The molecule has 1 fully saturated rings. The van der Waals surface area contributed by atoms with Crippen LogP contribution in [0.25, 0.3) is 0 Å². The van der Waals surface area contributed by atoms with E-state index in [-0.39, 0.29) is 10.9 Å². The average molecular weight is 256 g/mol. The van der Waals surface area contributed by atoms with E-state index >= 15 is 0 Å². The van der Waals surface area contributed by atoms with Gasteiger partial charge in [-0.3, -0.25) is 0 Å². The smallest absolute Gasteiger partial charge is 0.244 e. The van der Waals surface area contributed by atoms with E-state index < -0.39 is 10.0 Å². The molecule has 1 saturated heterocycles. The molecule has 0 saturated carbocycles. The Morgan fingerprint density at radius 2 is 2.18 bits per heavy atom. The van der Waals surface area contributed by atoms with Crippen LogP contribution in [0.1, 0.15) is 6.42 Å². The van der Waals surface area contributed by atoms with E-state index in [1.807, 2.05) is 0 Å². The molecule has 2 rings (SSSR count). The van der Waals surface area contributed by atoms with Gasteiger partial charge in [-0.2, -0.15) is 0 Å². The first-order valence-corrected chi connectivity index (χ1v) is 6.98. The molecular formula is C11H16N2O3S. The Labute approximate surface area is 101 Å². The molecule has 2 N–H and O–H groups in total. The molecule has 0 aliphatic carbocycles. The van der Waals surface area contributed by atoms with Gasteiger partial charge in [0.05, 0.1) is 7.11 Å². The zero-order chi connectivity index (χ0) is 12.3. The van der Waals surface area contributed by atoms with Crippen LogP contribution < -0.4 is 14.8 Å². The molecule has 0 spiro atoms. The summed E-state index contributed by atoms with van der Waals surface area (Å²) in [5.41, 5.74) is 0. The molecule has 5 nitrogen and oxygen atoms in total. The van der Waals surface area contributed by atoms with Crippen LogP contribution in [0, 0.1) is 0 Å². The summed E-state index contributed by atoms with van der Waals surface area (Å²) in [6, 6.07) is 6.58. The third-order valence-electron chi connectivity index (χ3n) is 2.74. The van der Waals surface area contributed by atoms with Crippen molar-refractivity contribution in [2.24, 2.45) is 0 Å². The molecule has 0 bridgehead atoms. The van der Waals surface area contributed by atoms with E-state index in [9.17, 15) is 8.42 Å². The lowest BCUT2D eigenvalue weighted by molar-refractivity contribution is 0.402. The lowest BCUT2D eigenvalue weighted by atomic mass is 10.3. The first kappa shape index (κ1) is 12.3. The van der Waals surface area contributed by atoms with Gasteiger partial charge in [-0.05, 0) is 25.1 Å². The third-order valence-corrected chi connectivity index (χ3v) is 4.30. The quantitative estimate of drug-likeness (QED) is 0.815. The Balaban J connectivity index is 2.24. The fourth-order valence-electron chi connectivity index (χ4n) is 1.88. The van der Waals surface area contributed by atoms with Gasteiger partial charge in [-0.15, -0.1) is 0 Å². The van der Waals surface area contributed by atoms with E-state index in [1.54, 1.807) is 24.3 Å². The number of ether oxygens (including phenoxy) is 1. The van der Waals surface area contributed by atoms with Crippen molar-refractivity contribution in [1.29, 1.82) is 0 Å². The maximum Gasteiger partial charge on any atom is 0.244 e. The fourth-order valence-corrected chi connectivity index (χ4v) is 3.32. The van der Waals surface area contributed by atoms with Crippen molar-refractivity contribution in [3.8, 4) is 5.75 Å². The van der Waals surface area contributed by atoms with Gasteiger partial charge in [0.2, 0.25) is 10.0 Å². The molecule has 0 aromatic heterocycles. The fraction of sp³-hybridized carbons (Fsp3) is 0.455. The van der Waals surface area contributed by atoms with Gasteiger partial charge in [-0.1, -0.05) is 12.1 Å². The molecule has 94 valence electrons. The van der Waals surface area contributed by atoms with Crippen LogP contribution in [0.4, 0.5) is 0 Å². The number of sulfonamides is 1. The number of benzene rings is 1. The van der Waals surface area contributed by atoms with Crippen LogP contribution in [0.15, 0.2) is 29.2 Å². The van der Waals surface area contributed by atoms with Crippen LogP contribution in [0.5, 0.6) is 5.75 Å². The number of hydrogen-bond acceptors (Lipinski definition) is 4. The van der Waals surface area contributed by atoms with Crippen LogP contribution in [-0.4, -0.2) is 34.7 Å². The highest BCUT2D eigenvalue weighted by atomic mass is 32.2. The average Bonchev–Trinajstić information content (AvgIpc) is 2.81. The molecular weight excluding hydrogens is 240 g/mol. The Bertz CT molecular complexity index is 481. The Morgan fingerprint density at radius 1 is 1.41 bits per heavy atom. The van der Waals surface area contributed by atoms with Crippen LogP contribution >= 0.6 is 0 Å². The molecule has 1 aliphatic rings. The van der Waals surface area contributed by atoms with Gasteiger partial charge >= 0.3 is 0 Å². The van der Waals surface area contributed by atoms with Crippen molar-refractivity contribution < 1.29 is 13.2 Å². The Morgan fingerprint density at radius 3 is 2.82 bits per heavy atom. The predicted molar refractivity (Wildman–Crippen MR) is 64.6 cm³/mol. The van der Waals surface area contributed by atoms with Crippen molar-refractivity contribution in [2.75, 3.05) is 20.2 Å². The first-order valence-electron chi connectivity index (χ1n) is 5.49. The van der Waals surface area contributed by atoms with Crippen LogP contribution in [0.3, 0.4) is 0 Å². The highest BCUT2D eigenvalue weighted by Gasteiger charge is 2.24. The number of rotatable bonds is 4. The maximum atomic E-state index is 12.1. The standard InChI is InChI=1S/C11H16N2O3S/c1-16-10-4-2-3-5-11(10)17(14,15)13-9-6-7-12-8-9/h2-5,9,12-13H,6-8H2,1H3. The minimum absolute atomic E-state index is 0.0371. The van der Waals surface area contributed by atoms with Crippen molar-refractivity contribution in [3.63, 3.8) is 0 Å². The summed E-state index contributed by atoms with van der Waals surface area (Å²) < 4.78 is 32.0. The highest BCUT2D eigenvalue weighted by Crippen LogP contribution is 2.23. The highest BCUT2D eigenvalue weighted by molar-refractivity contribution is 7.89. The maximum absolute atomic E-state index is 12.1. The van der Waals surface area contributed by atoms with Crippen molar-refractivity contribution in [3.05, 3.63) is 24.3 Å². The zero-order valence-electron chi connectivity index (χ0n) is 9.64. The van der Waals surface area contributed by atoms with Gasteiger partial charge in [0.1, 0.15) is 10.6 Å². The third kappa shape index (κ3) is 2.77. The monoisotopic (exact) mass is 256 g/mol. The molecule has 1 aliphatic heterocycles. The van der Waals surface area contributed by atoms with Crippen molar-refractivity contribution in [1.82, 2.24) is 10.0 Å². The minimum Gasteiger partial charge on any atom is -0.495 e. The van der Waals surface area contributed by atoms with Gasteiger partial charge in [0.25, 0.3) is 0 Å². The summed E-state index contributed by atoms with van der Waals surface area (Å²) in [5.74, 6) is 0.367. The van der Waals surface area contributed by atoms with Crippen molar-refractivity contribution in [2.45, 2.75) is 17.4 Å². The lowest BCUT2D eigenvalue weighted by Crippen LogP contribution is -2.36. The van der Waals surface area contributed by atoms with Crippen molar-refractivity contribution >= 4 is 10.0 Å². The van der Waals surface area contributed by atoms with Gasteiger partial charge in [0, 0.05) is 12.6 Å². The van der Waals surface area contributed by atoms with E-state index in [0.29, 0.717) is 12.3 Å². The molecule has 1 heterocycles. The van der Waals surface area contributed by atoms with E-state index in [4.69, 9.17) is 4.74 Å². The Hall–Kier alpha value is -1.11. The van der Waals surface area contributed by atoms with Gasteiger partial charge < -0.3 is 10.1 Å². The summed E-state index contributed by atoms with van der Waals surface area (Å²) in [6.45, 7) is 1.52. The topological polar surface area (TPSA) is 67.4 Å². The number of methoxy groups -OCH3 is 1. The SMILES string of the molecule is COc1ccccc1S(=O)(=O)NC1CCNC1. The van der Waals surface area contributed by atoms with Crippen LogP contribution in [-0.2, 0) is 10.0 Å². The molecule has 1 unspecified atom stereocenters. The predicted octanol–water partition coefficient (Wildman–Crippen LogP) is 0.335. The van der Waals surface area contributed by atoms with E-state index in [0.717, 1.165) is 13.0 Å². The van der Waals surface area contributed by atoms with Gasteiger partial charge in [0.15, 0.2) is 0 Å². The van der Waals surface area contributed by atoms with E-state index in [1.165, 1.54) is 7.11 Å². The molecule has 1 aromatic rings. The second-order valence-corrected chi connectivity index (χ2v) is 5.64. The van der Waals surface area contributed by atoms with Gasteiger partial charge in [-0.25, -0.2) is 13.1 Å². The number of hydrogen-bond donors (Lipinski definition) is 2. The minimum atomic E-state index is -3.50. The summed E-state index contributed by atoms with van der Waals surface area (Å²) in [7, 11) is -2.04. The second kappa shape index (κ2) is 5.03. The molecule has 1 atom stereocenters. The normalized spacial score (nSPS) is 20.4. The summed E-state index contributed by atoms with van der Waals surface area (Å²) >= 11 is 0. The number of nitrogens with one attached hydrogen (secondary N) is 2. The molecule has 0 radical (unpaired) electrons. The molecule has 1 aromatic carbocycles. The summed E-state index contributed by atoms with van der Waals surface area (Å²) in [4.78, 5) is 0.189. The molecule has 0 amide bonds. The Kier molecular flexibility index (Phi) is 3.66. The number of para-hydroxylation sites is 1. The zero-order valence-corrected chi connectivity index (χ0v) is 10.5. The summed E-state index contributed by atoms with van der Waals surface area (Å²) in [5, 5.41) is 3.12. The summed E-state index contributed by atoms with van der Waals surface area (Å²) in [6.07, 6.45) is 0.814.